The van der Waals surface area contributed by atoms with Crippen molar-refractivity contribution in [3.05, 3.63) is 66.4 Å². The number of hydrogen-bond donors (Lipinski definition) is 2. The van der Waals surface area contributed by atoms with Crippen molar-refractivity contribution < 1.29 is 4.39 Å². The van der Waals surface area contributed by atoms with Gasteiger partial charge in [0, 0.05) is 48.7 Å². The third-order valence-electron chi connectivity index (χ3n) is 5.31. The number of nitrogens with one attached hydrogen (secondary N) is 1. The van der Waals surface area contributed by atoms with Gasteiger partial charge in [-0.05, 0) is 67.1 Å². The molecule has 0 aliphatic carbocycles. The van der Waals surface area contributed by atoms with Gasteiger partial charge in [-0.2, -0.15) is 0 Å². The summed E-state index contributed by atoms with van der Waals surface area (Å²) in [4.78, 5) is 5.59. The Labute approximate surface area is 174 Å². The highest BCUT2D eigenvalue weighted by atomic mass is 32.2. The smallest absolute Gasteiger partial charge is 0.124 e. The minimum Gasteiger partial charge on any atom is -0.404 e. The fourth-order valence-electron chi connectivity index (χ4n) is 3.74. The molecule has 0 bridgehead atoms. The average molecular weight is 410 g/mol. The molecular formula is C22H24FN5S. The summed E-state index contributed by atoms with van der Waals surface area (Å²) in [6, 6.07) is 12.8. The first-order valence-electron chi connectivity index (χ1n) is 9.73. The molecule has 1 aromatic carbocycles. The number of pyridine rings is 1. The van der Waals surface area contributed by atoms with Gasteiger partial charge in [0.15, 0.2) is 0 Å². The van der Waals surface area contributed by atoms with E-state index in [9.17, 15) is 4.39 Å². The molecule has 1 aliphatic heterocycles. The van der Waals surface area contributed by atoms with Crippen LogP contribution in [0.3, 0.4) is 0 Å². The molecule has 0 spiro atoms. The molecule has 3 N–H and O–H groups in total. The predicted molar refractivity (Wildman–Crippen MR) is 117 cm³/mol. The Hall–Kier alpha value is -2.64. The van der Waals surface area contributed by atoms with Gasteiger partial charge in [-0.25, -0.2) is 13.7 Å². The molecule has 0 radical (unpaired) electrons. The van der Waals surface area contributed by atoms with Gasteiger partial charge in [-0.15, -0.1) is 0 Å². The van der Waals surface area contributed by atoms with E-state index in [1.54, 1.807) is 24.1 Å². The third-order valence-corrected chi connectivity index (χ3v) is 6.40. The molecule has 7 heteroatoms. The molecule has 1 fully saturated rings. The van der Waals surface area contributed by atoms with Gasteiger partial charge in [0.05, 0.1) is 16.7 Å². The van der Waals surface area contributed by atoms with Gasteiger partial charge < -0.3 is 15.7 Å². The van der Waals surface area contributed by atoms with E-state index in [0.717, 1.165) is 54.1 Å². The summed E-state index contributed by atoms with van der Waals surface area (Å²) in [5.74, 6) is 0.423. The molecule has 0 amide bonds. The van der Waals surface area contributed by atoms with Crippen LogP contribution in [0.1, 0.15) is 18.5 Å². The first-order valence-corrected chi connectivity index (χ1v) is 10.5. The van der Waals surface area contributed by atoms with E-state index in [-0.39, 0.29) is 5.82 Å². The number of halogens is 1. The summed E-state index contributed by atoms with van der Waals surface area (Å²) < 4.78 is 18.0. The zero-order valence-corrected chi connectivity index (χ0v) is 16.9. The average Bonchev–Trinajstić information content (AvgIpc) is 3.13. The van der Waals surface area contributed by atoms with E-state index >= 15 is 0 Å². The number of benzene rings is 1. The molecule has 1 aliphatic rings. The number of aromatic nitrogens is 2. The van der Waals surface area contributed by atoms with E-state index in [1.165, 1.54) is 18.5 Å². The Balaban J connectivity index is 1.38. The molecule has 29 heavy (non-hydrogen) atoms. The van der Waals surface area contributed by atoms with Crippen molar-refractivity contribution in [1.82, 2.24) is 13.9 Å². The number of nitrogens with two attached hydrogens (primary N) is 1. The topological polar surface area (TPSA) is 70.9 Å². The van der Waals surface area contributed by atoms with Crippen molar-refractivity contribution in [2.24, 2.45) is 11.7 Å². The summed E-state index contributed by atoms with van der Waals surface area (Å²) in [6.07, 6.45) is 6.95. The maximum atomic E-state index is 13.4. The summed E-state index contributed by atoms with van der Waals surface area (Å²) in [5.41, 5.74) is 8.93. The van der Waals surface area contributed by atoms with Gasteiger partial charge in [-0.3, -0.25) is 0 Å². The van der Waals surface area contributed by atoms with Crippen LogP contribution in [0.25, 0.3) is 16.6 Å². The Bertz CT molecular complexity index is 1040. The first kappa shape index (κ1) is 19.7. The lowest BCUT2D eigenvalue weighted by Gasteiger charge is -2.31. The Kier molecular flexibility index (Phi) is 5.97. The molecule has 3 aromatic rings. The lowest BCUT2D eigenvalue weighted by molar-refractivity contribution is 0.269. The number of fused-ring (bicyclic) bond motifs is 1. The fraction of sp³-hybridized carbons (Fsp3) is 0.273. The van der Waals surface area contributed by atoms with Gasteiger partial charge in [0.2, 0.25) is 0 Å². The highest BCUT2D eigenvalue weighted by molar-refractivity contribution is 7.97. The Morgan fingerprint density at radius 2 is 2.07 bits per heavy atom. The molecule has 3 heterocycles. The normalized spacial score (nSPS) is 16.4. The third kappa shape index (κ3) is 4.52. The van der Waals surface area contributed by atoms with Crippen LogP contribution in [0.15, 0.2) is 59.8 Å². The molecule has 0 atom stereocenters. The predicted octanol–water partition coefficient (Wildman–Crippen LogP) is 4.54. The van der Waals surface area contributed by atoms with Crippen LogP contribution in [0.2, 0.25) is 0 Å². The van der Waals surface area contributed by atoms with Crippen LogP contribution in [0.4, 0.5) is 4.39 Å². The SMILES string of the molecule is N=C/C(=C\N)c1ccc2c(ccn2CC2CCN(Sc3cccc(F)c3)CC2)n1. The van der Waals surface area contributed by atoms with E-state index in [0.29, 0.717) is 11.5 Å². The van der Waals surface area contributed by atoms with Gasteiger partial charge in [-0.1, -0.05) is 6.07 Å². The van der Waals surface area contributed by atoms with Crippen LogP contribution in [-0.4, -0.2) is 33.2 Å². The second kappa shape index (κ2) is 8.80. The second-order valence-corrected chi connectivity index (χ2v) is 8.43. The molecule has 0 unspecified atom stereocenters. The zero-order chi connectivity index (χ0) is 20.2. The highest BCUT2D eigenvalue weighted by Gasteiger charge is 2.21. The molecule has 150 valence electrons. The first-order chi connectivity index (χ1) is 14.2. The summed E-state index contributed by atoms with van der Waals surface area (Å²) in [7, 11) is 0. The van der Waals surface area contributed by atoms with Crippen LogP contribution >= 0.6 is 11.9 Å². The largest absolute Gasteiger partial charge is 0.404 e. The van der Waals surface area contributed by atoms with E-state index in [1.807, 2.05) is 18.2 Å². The maximum Gasteiger partial charge on any atom is 0.124 e. The number of piperidine rings is 1. The summed E-state index contributed by atoms with van der Waals surface area (Å²) in [6.45, 7) is 2.96. The summed E-state index contributed by atoms with van der Waals surface area (Å²) >= 11 is 1.64. The molecule has 2 aromatic heterocycles. The number of allylic oxidation sites excluding steroid dienone is 1. The van der Waals surface area contributed by atoms with Crippen LogP contribution in [-0.2, 0) is 6.54 Å². The van der Waals surface area contributed by atoms with E-state index < -0.39 is 0 Å². The Morgan fingerprint density at radius 1 is 1.24 bits per heavy atom. The van der Waals surface area contributed by atoms with Crippen LogP contribution in [0, 0.1) is 17.1 Å². The Morgan fingerprint density at radius 3 is 2.79 bits per heavy atom. The van der Waals surface area contributed by atoms with Gasteiger partial charge >= 0.3 is 0 Å². The minimum atomic E-state index is -0.184. The number of nitrogens with zero attached hydrogens (tertiary/aromatic N) is 3. The van der Waals surface area contributed by atoms with Crippen molar-refractivity contribution in [1.29, 1.82) is 5.41 Å². The number of hydrogen-bond acceptors (Lipinski definition) is 5. The fourth-order valence-corrected chi connectivity index (χ4v) is 4.73. The molecule has 5 nitrogen and oxygen atoms in total. The van der Waals surface area contributed by atoms with Crippen molar-refractivity contribution in [3.63, 3.8) is 0 Å². The van der Waals surface area contributed by atoms with Crippen molar-refractivity contribution in [2.75, 3.05) is 13.1 Å². The molecule has 4 rings (SSSR count). The molecular weight excluding hydrogens is 385 g/mol. The maximum absolute atomic E-state index is 13.4. The van der Waals surface area contributed by atoms with Crippen molar-refractivity contribution in [2.45, 2.75) is 24.3 Å². The lowest BCUT2D eigenvalue weighted by atomic mass is 9.98. The zero-order valence-electron chi connectivity index (χ0n) is 16.1. The van der Waals surface area contributed by atoms with Crippen molar-refractivity contribution >= 4 is 34.8 Å². The van der Waals surface area contributed by atoms with Crippen molar-refractivity contribution in [3.8, 4) is 0 Å². The molecule has 1 saturated heterocycles. The van der Waals surface area contributed by atoms with Crippen LogP contribution in [0.5, 0.6) is 0 Å². The molecule has 0 saturated carbocycles. The quantitative estimate of drug-likeness (QED) is 0.463. The lowest BCUT2D eigenvalue weighted by Crippen LogP contribution is -2.30. The minimum absolute atomic E-state index is 0.184. The highest BCUT2D eigenvalue weighted by Crippen LogP contribution is 2.30. The van der Waals surface area contributed by atoms with Crippen LogP contribution < -0.4 is 5.73 Å². The monoisotopic (exact) mass is 409 g/mol. The summed E-state index contributed by atoms with van der Waals surface area (Å²) in [5, 5.41) is 7.44. The van der Waals surface area contributed by atoms with E-state index in [4.69, 9.17) is 11.1 Å². The standard InChI is InChI=1S/C22H24FN5S/c23-18-2-1-3-19(12-18)29-28-10-6-16(7-11-28)15-27-9-8-21-22(27)5-4-20(26-21)17(13-24)14-25/h1-5,8-9,12-14,16,24H,6-7,10-11,15,25H2/b17-14+,24-13?. The number of rotatable bonds is 6. The second-order valence-electron chi connectivity index (χ2n) is 7.26. The van der Waals surface area contributed by atoms with Gasteiger partial charge in [0.1, 0.15) is 5.82 Å². The van der Waals surface area contributed by atoms with Gasteiger partial charge in [0.25, 0.3) is 0 Å². The van der Waals surface area contributed by atoms with E-state index in [2.05, 4.69) is 26.1 Å².